The molecule has 21 heavy (non-hydrogen) atoms. The summed E-state index contributed by atoms with van der Waals surface area (Å²) in [6.07, 6.45) is 4.35. The van der Waals surface area contributed by atoms with Crippen LogP contribution in [0.25, 0.3) is 11.2 Å². The normalized spacial score (nSPS) is 9.81. The average molecular weight is 696 g/mol. The fraction of sp³-hybridized carbons (Fsp3) is 0.545. The maximum Gasteiger partial charge on any atom is 1.00 e. The van der Waals surface area contributed by atoms with Gasteiger partial charge in [-0.1, -0.05) is 0 Å². The topological polar surface area (TPSA) is 98.8 Å². The van der Waals surface area contributed by atoms with Crippen LogP contribution in [0.5, 0.6) is 0 Å². The minimum atomic E-state index is -0.450. The van der Waals surface area contributed by atoms with E-state index in [2.05, 4.69) is 46.6 Å². The van der Waals surface area contributed by atoms with Gasteiger partial charge in [0.15, 0.2) is 0 Å². The third-order valence-electron chi connectivity index (χ3n) is 2.39. The van der Waals surface area contributed by atoms with E-state index < -0.39 is 5.56 Å². The third kappa shape index (κ3) is 9.27. The maximum absolute atomic E-state index is 10.9. The second-order valence-corrected chi connectivity index (χ2v) is 10.7. The van der Waals surface area contributed by atoms with E-state index in [9.17, 15) is 4.79 Å². The number of nitrogens with one attached hydrogen (secondary N) is 1. The van der Waals surface area contributed by atoms with Gasteiger partial charge in [-0.05, 0) is 22.2 Å². The Bertz CT molecular complexity index is 565. The molecule has 0 spiro atoms. The molecule has 1 radical (unpaired) electrons. The molecule has 10 heteroatoms. The summed E-state index contributed by atoms with van der Waals surface area (Å²) in [7, 11) is 0.191. The first kappa shape index (κ1) is 23.8. The van der Waals surface area contributed by atoms with E-state index >= 15 is 0 Å². The van der Waals surface area contributed by atoms with Crippen LogP contribution >= 0.6 is 15.8 Å². The fourth-order valence-electron chi connectivity index (χ4n) is 1.33. The van der Waals surface area contributed by atoms with Crippen molar-refractivity contribution in [2.75, 3.05) is 44.7 Å². The summed E-state index contributed by atoms with van der Waals surface area (Å²) >= 11 is 0. The summed E-state index contributed by atoms with van der Waals surface area (Å²) in [5, 5.41) is 0. The predicted octanol–water partition coefficient (Wildman–Crippen LogP) is 0.786. The third-order valence-corrected chi connectivity index (χ3v) is 5.39. The van der Waals surface area contributed by atoms with Crippen LogP contribution < -0.4 is 16.3 Å². The van der Waals surface area contributed by atoms with Crippen LogP contribution in [-0.2, 0) is 44.8 Å². The first-order valence-electron chi connectivity index (χ1n) is 6.11. The van der Waals surface area contributed by atoms with Crippen molar-refractivity contribution < 1.29 is 44.8 Å². The van der Waals surface area contributed by atoms with Crippen LogP contribution in [0.4, 0.5) is 5.95 Å². The van der Waals surface area contributed by atoms with Crippen LogP contribution in [0, 0.1) is 0 Å². The van der Waals surface area contributed by atoms with Crippen molar-refractivity contribution in [1.29, 1.82) is 0 Å². The second-order valence-electron chi connectivity index (χ2n) is 4.91. The Hall–Kier alpha value is 0.491. The Morgan fingerprint density at radius 3 is 2.24 bits per heavy atom. The molecule has 0 aromatic carbocycles. The maximum atomic E-state index is 10.9. The van der Waals surface area contributed by atoms with Gasteiger partial charge in [0.25, 0.3) is 5.56 Å². The second kappa shape index (κ2) is 12.0. The van der Waals surface area contributed by atoms with Gasteiger partial charge in [0.05, 0.1) is 17.8 Å². The number of aromatic amines is 1. The Balaban J connectivity index is 0. The minimum absolute atomic E-state index is 0. The molecule has 2 aromatic rings. The standard InChI is InChI=1S/C6H16P2.C5H5N5O.2Au/c1-7(2)5-6-8(3)4;6-5-9-3-2(4(11)10-5)7-1-8-3;;/h5-6H2,1-4H3;1H,(H4,6,7,8,9,10,11);;/q;;;+1/p+1. The molecule has 0 amide bonds. The molecule has 0 unspecified atom stereocenters. The predicted molar refractivity (Wildman–Crippen MR) is 88.0 cm³/mol. The van der Waals surface area contributed by atoms with E-state index in [1.54, 1.807) is 0 Å². The van der Waals surface area contributed by atoms with Crippen molar-refractivity contribution in [3.63, 3.8) is 0 Å². The molecule has 0 saturated carbocycles. The van der Waals surface area contributed by atoms with E-state index in [-0.39, 0.29) is 72.1 Å². The number of aromatic nitrogens is 4. The molecule has 0 fully saturated rings. The SMILES string of the molecule is C[PH+](C)CC[PH+](C)C.Nc1nc(=O)c2nc[n-]c2[nH]1.[Au+].[Au]. The number of H-pyrrole nitrogens is 1. The Morgan fingerprint density at radius 2 is 1.76 bits per heavy atom. The molecule has 0 aliphatic rings. The van der Waals surface area contributed by atoms with E-state index in [1.807, 2.05) is 0 Å². The number of nitrogen functional groups attached to an aromatic ring is 1. The Kier molecular flexibility index (Phi) is 13.5. The number of nitrogens with zero attached hydrogens (tertiary/aromatic N) is 3. The molecule has 0 aliphatic carbocycles. The molecule has 0 bridgehead atoms. The van der Waals surface area contributed by atoms with Gasteiger partial charge in [-0.15, -0.1) is 0 Å². The average Bonchev–Trinajstić information content (AvgIpc) is 2.75. The number of imidazole rings is 1. The molecule has 2 aromatic heterocycles. The summed E-state index contributed by atoms with van der Waals surface area (Å²) in [4.78, 5) is 24.4. The van der Waals surface area contributed by atoms with Crippen molar-refractivity contribution in [3.05, 3.63) is 16.7 Å². The van der Waals surface area contributed by atoms with Crippen molar-refractivity contribution in [2.45, 2.75) is 0 Å². The zero-order valence-corrected chi connectivity index (χ0v) is 18.8. The van der Waals surface area contributed by atoms with Crippen LogP contribution in [0.2, 0.25) is 0 Å². The van der Waals surface area contributed by atoms with Gasteiger partial charge in [-0.3, -0.25) is 4.79 Å². The van der Waals surface area contributed by atoms with Crippen LogP contribution in [-0.4, -0.2) is 53.9 Å². The number of hydrogen-bond donors (Lipinski definition) is 2. The molecule has 0 aliphatic heterocycles. The van der Waals surface area contributed by atoms with E-state index in [4.69, 9.17) is 5.73 Å². The molecule has 2 heterocycles. The van der Waals surface area contributed by atoms with Gasteiger partial charge in [0.2, 0.25) is 0 Å². The van der Waals surface area contributed by atoms with Gasteiger partial charge < -0.3 is 20.7 Å². The molecular weight excluding hydrogens is 674 g/mol. The van der Waals surface area contributed by atoms with Gasteiger partial charge in [-0.2, -0.15) is 4.98 Å². The number of hydrogen-bond acceptors (Lipinski definition) is 4. The van der Waals surface area contributed by atoms with Gasteiger partial charge >= 0.3 is 22.4 Å². The summed E-state index contributed by atoms with van der Waals surface area (Å²) in [6, 6.07) is 0. The molecular formula is C11H22Au2N5OP2+2. The van der Waals surface area contributed by atoms with Gasteiger partial charge in [0, 0.05) is 54.7 Å². The summed E-state index contributed by atoms with van der Waals surface area (Å²) in [5.41, 5.74) is 5.40. The van der Waals surface area contributed by atoms with Crippen LogP contribution in [0.3, 0.4) is 0 Å². The largest absolute Gasteiger partial charge is 1.00 e. The molecule has 6 nitrogen and oxygen atoms in total. The number of anilines is 1. The smallest absolute Gasteiger partial charge is 0.384 e. The van der Waals surface area contributed by atoms with Gasteiger partial charge in [0.1, 0.15) is 5.95 Å². The van der Waals surface area contributed by atoms with Gasteiger partial charge in [-0.25, -0.2) is 0 Å². The molecule has 0 saturated heterocycles. The summed E-state index contributed by atoms with van der Waals surface area (Å²) in [6.45, 7) is 9.59. The number of nitrogens with two attached hydrogens (primary N) is 1. The molecule has 3 N–H and O–H groups in total. The van der Waals surface area contributed by atoms with Crippen LogP contribution in [0.15, 0.2) is 11.1 Å². The van der Waals surface area contributed by atoms with Crippen molar-refractivity contribution in [3.8, 4) is 0 Å². The number of rotatable bonds is 3. The van der Waals surface area contributed by atoms with Crippen molar-refractivity contribution >= 4 is 33.0 Å². The molecule has 0 atom stereocenters. The fourth-order valence-corrected chi connectivity index (χ4v) is 5.33. The molecule has 127 valence electrons. The Morgan fingerprint density at radius 1 is 1.24 bits per heavy atom. The Labute approximate surface area is 158 Å². The van der Waals surface area contributed by atoms with Crippen LogP contribution in [0.1, 0.15) is 0 Å². The zero-order chi connectivity index (χ0) is 14.4. The first-order valence-corrected chi connectivity index (χ1v) is 11.5. The van der Waals surface area contributed by atoms with E-state index in [0.717, 1.165) is 0 Å². The quantitative estimate of drug-likeness (QED) is 0.366. The summed E-state index contributed by atoms with van der Waals surface area (Å²) < 4.78 is 0. The zero-order valence-electron chi connectivity index (χ0n) is 12.4. The van der Waals surface area contributed by atoms with E-state index in [0.29, 0.717) is 5.65 Å². The monoisotopic (exact) mass is 696 g/mol. The summed E-state index contributed by atoms with van der Waals surface area (Å²) in [5.74, 6) is 0.0583. The van der Waals surface area contributed by atoms with E-state index in [1.165, 1.54) is 18.7 Å². The van der Waals surface area contributed by atoms with Crippen molar-refractivity contribution in [2.24, 2.45) is 0 Å². The minimum Gasteiger partial charge on any atom is -0.384 e. The first-order chi connectivity index (χ1) is 8.90. The van der Waals surface area contributed by atoms with Crippen molar-refractivity contribution in [1.82, 2.24) is 19.9 Å². The molecule has 2 rings (SSSR count). The number of fused-ring (bicyclic) bond motifs is 1.